The molecule has 120 valence electrons. The predicted molar refractivity (Wildman–Crippen MR) is 93.6 cm³/mol. The molecule has 0 aliphatic carbocycles. The molecule has 2 amide bonds. The molecule has 23 heavy (non-hydrogen) atoms. The number of hydrogen-bond acceptors (Lipinski definition) is 2. The van der Waals surface area contributed by atoms with Crippen LogP contribution < -0.4 is 10.6 Å². The van der Waals surface area contributed by atoms with Crippen molar-refractivity contribution in [3.05, 3.63) is 63.6 Å². The summed E-state index contributed by atoms with van der Waals surface area (Å²) in [5.41, 5.74) is 2.15. The van der Waals surface area contributed by atoms with E-state index in [2.05, 4.69) is 10.6 Å². The number of hydrogen-bond donors (Lipinski definition) is 2. The number of nitrogens with one attached hydrogen (secondary N) is 2. The first-order chi connectivity index (χ1) is 11.0. The van der Waals surface area contributed by atoms with Crippen LogP contribution in [-0.4, -0.2) is 18.4 Å². The number of benzene rings is 2. The van der Waals surface area contributed by atoms with Gasteiger partial charge in [0.15, 0.2) is 5.78 Å². The molecule has 0 atom stereocenters. The fourth-order valence-corrected chi connectivity index (χ4v) is 2.50. The molecule has 0 unspecified atom stereocenters. The van der Waals surface area contributed by atoms with E-state index < -0.39 is 0 Å². The number of urea groups is 1. The average Bonchev–Trinajstić information content (AvgIpc) is 2.50. The summed E-state index contributed by atoms with van der Waals surface area (Å²) in [7, 11) is 0. The van der Waals surface area contributed by atoms with Gasteiger partial charge in [-0.2, -0.15) is 0 Å². The summed E-state index contributed by atoms with van der Waals surface area (Å²) in [6.07, 6.45) is 0.604. The van der Waals surface area contributed by atoms with E-state index in [1.54, 1.807) is 36.4 Å². The van der Waals surface area contributed by atoms with Gasteiger partial charge in [0.25, 0.3) is 0 Å². The van der Waals surface area contributed by atoms with E-state index in [1.165, 1.54) is 6.92 Å². The molecule has 6 heteroatoms. The molecule has 0 saturated heterocycles. The third kappa shape index (κ3) is 5.27. The standard InChI is InChI=1S/C17H16Cl2N2O2/c1-11(22)12-3-6-15(7-4-12)21-17(23)20-9-8-13-2-5-14(18)10-16(13)19/h2-7,10H,8-9H2,1H3,(H2,20,21,23). The fourth-order valence-electron chi connectivity index (χ4n) is 2.00. The number of halogens is 2. The van der Waals surface area contributed by atoms with Crippen LogP contribution in [-0.2, 0) is 6.42 Å². The number of carbonyl (C=O) groups is 2. The Labute approximate surface area is 144 Å². The zero-order valence-electron chi connectivity index (χ0n) is 12.5. The molecular weight excluding hydrogens is 335 g/mol. The van der Waals surface area contributed by atoms with Crippen LogP contribution in [0, 0.1) is 0 Å². The Kier molecular flexibility index (Phi) is 6.02. The second-order valence-corrected chi connectivity index (χ2v) is 5.84. The maximum absolute atomic E-state index is 11.8. The fraction of sp³-hybridized carbons (Fsp3) is 0.176. The van der Waals surface area contributed by atoms with Crippen LogP contribution in [0.5, 0.6) is 0 Å². The molecule has 0 aliphatic heterocycles. The first kappa shape index (κ1) is 17.3. The molecule has 4 nitrogen and oxygen atoms in total. The van der Waals surface area contributed by atoms with Crippen molar-refractivity contribution >= 4 is 40.7 Å². The zero-order chi connectivity index (χ0) is 16.8. The number of carbonyl (C=O) groups excluding carboxylic acids is 2. The van der Waals surface area contributed by atoms with Crippen LogP contribution >= 0.6 is 23.2 Å². The van der Waals surface area contributed by atoms with Crippen molar-refractivity contribution in [3.63, 3.8) is 0 Å². The molecule has 0 heterocycles. The highest BCUT2D eigenvalue weighted by Crippen LogP contribution is 2.21. The first-order valence-electron chi connectivity index (χ1n) is 7.05. The molecule has 0 aliphatic rings. The lowest BCUT2D eigenvalue weighted by Gasteiger charge is -2.09. The Balaban J connectivity index is 1.82. The van der Waals surface area contributed by atoms with E-state index in [1.807, 2.05) is 6.07 Å². The van der Waals surface area contributed by atoms with E-state index in [-0.39, 0.29) is 11.8 Å². The summed E-state index contributed by atoms with van der Waals surface area (Å²) in [5.74, 6) is -0.0131. The van der Waals surface area contributed by atoms with Gasteiger partial charge in [0, 0.05) is 27.8 Å². The zero-order valence-corrected chi connectivity index (χ0v) is 14.0. The van der Waals surface area contributed by atoms with E-state index in [0.29, 0.717) is 34.3 Å². The third-order valence-corrected chi connectivity index (χ3v) is 3.83. The normalized spacial score (nSPS) is 10.2. The van der Waals surface area contributed by atoms with Crippen LogP contribution in [0.3, 0.4) is 0 Å². The van der Waals surface area contributed by atoms with E-state index in [0.717, 1.165) is 5.56 Å². The number of anilines is 1. The van der Waals surface area contributed by atoms with E-state index in [9.17, 15) is 9.59 Å². The summed E-state index contributed by atoms with van der Waals surface area (Å²) in [5, 5.41) is 6.62. The highest BCUT2D eigenvalue weighted by molar-refractivity contribution is 6.35. The lowest BCUT2D eigenvalue weighted by Crippen LogP contribution is -2.30. The van der Waals surface area contributed by atoms with Crippen molar-refractivity contribution in [2.75, 3.05) is 11.9 Å². The van der Waals surface area contributed by atoms with Gasteiger partial charge in [0.05, 0.1) is 0 Å². The second kappa shape index (κ2) is 7.99. The average molecular weight is 351 g/mol. The molecule has 2 rings (SSSR count). The van der Waals surface area contributed by atoms with Crippen LogP contribution in [0.1, 0.15) is 22.8 Å². The molecule has 0 fully saturated rings. The van der Waals surface area contributed by atoms with Crippen LogP contribution in [0.15, 0.2) is 42.5 Å². The Morgan fingerprint density at radius 2 is 1.74 bits per heavy atom. The minimum atomic E-state index is -0.314. The first-order valence-corrected chi connectivity index (χ1v) is 7.81. The molecule has 2 aromatic carbocycles. The molecule has 0 radical (unpaired) electrons. The number of amides is 2. The predicted octanol–water partition coefficient (Wildman–Crippen LogP) is 4.56. The maximum Gasteiger partial charge on any atom is 0.319 e. The molecule has 0 aromatic heterocycles. The van der Waals surface area contributed by atoms with Crippen molar-refractivity contribution in [2.24, 2.45) is 0 Å². The Hall–Kier alpha value is -2.04. The van der Waals surface area contributed by atoms with E-state index in [4.69, 9.17) is 23.2 Å². The van der Waals surface area contributed by atoms with Gasteiger partial charge >= 0.3 is 6.03 Å². The van der Waals surface area contributed by atoms with Gasteiger partial charge in [-0.15, -0.1) is 0 Å². The second-order valence-electron chi connectivity index (χ2n) is 5.00. The summed E-state index contributed by atoms with van der Waals surface area (Å²) < 4.78 is 0. The molecule has 0 spiro atoms. The molecule has 2 N–H and O–H groups in total. The van der Waals surface area contributed by atoms with Gasteiger partial charge in [-0.1, -0.05) is 29.3 Å². The van der Waals surface area contributed by atoms with Gasteiger partial charge in [-0.3, -0.25) is 4.79 Å². The van der Waals surface area contributed by atoms with Crippen LogP contribution in [0.4, 0.5) is 10.5 Å². The SMILES string of the molecule is CC(=O)c1ccc(NC(=O)NCCc2ccc(Cl)cc2Cl)cc1. The monoisotopic (exact) mass is 350 g/mol. The largest absolute Gasteiger partial charge is 0.338 e. The minimum absolute atomic E-state index is 0.0131. The van der Waals surface area contributed by atoms with Gasteiger partial charge in [0.1, 0.15) is 0 Å². The van der Waals surface area contributed by atoms with E-state index >= 15 is 0 Å². The van der Waals surface area contributed by atoms with Crippen molar-refractivity contribution in [2.45, 2.75) is 13.3 Å². The van der Waals surface area contributed by atoms with Crippen molar-refractivity contribution in [3.8, 4) is 0 Å². The Morgan fingerprint density at radius 1 is 1.04 bits per heavy atom. The number of Topliss-reactive ketones (excluding diaryl/α,β-unsaturated/α-hetero) is 1. The van der Waals surface area contributed by atoms with Crippen molar-refractivity contribution < 1.29 is 9.59 Å². The lowest BCUT2D eigenvalue weighted by atomic mass is 10.1. The lowest BCUT2D eigenvalue weighted by molar-refractivity contribution is 0.101. The summed E-state index contributed by atoms with van der Waals surface area (Å²) in [6, 6.07) is 11.7. The minimum Gasteiger partial charge on any atom is -0.338 e. The number of ketones is 1. The topological polar surface area (TPSA) is 58.2 Å². The Morgan fingerprint density at radius 3 is 2.35 bits per heavy atom. The number of rotatable bonds is 5. The van der Waals surface area contributed by atoms with Gasteiger partial charge < -0.3 is 10.6 Å². The van der Waals surface area contributed by atoms with Crippen LogP contribution in [0.2, 0.25) is 10.0 Å². The third-order valence-electron chi connectivity index (χ3n) is 3.24. The Bertz CT molecular complexity index is 715. The summed E-state index contributed by atoms with van der Waals surface area (Å²) in [4.78, 5) is 23.0. The molecule has 2 aromatic rings. The quantitative estimate of drug-likeness (QED) is 0.776. The summed E-state index contributed by atoms with van der Waals surface area (Å²) in [6.45, 7) is 1.94. The van der Waals surface area contributed by atoms with Gasteiger partial charge in [-0.05, 0) is 55.3 Å². The summed E-state index contributed by atoms with van der Waals surface area (Å²) >= 11 is 11.9. The highest BCUT2D eigenvalue weighted by atomic mass is 35.5. The molecule has 0 bridgehead atoms. The molecular formula is C17H16Cl2N2O2. The van der Waals surface area contributed by atoms with Crippen molar-refractivity contribution in [1.29, 1.82) is 0 Å². The smallest absolute Gasteiger partial charge is 0.319 e. The molecule has 0 saturated carbocycles. The maximum atomic E-state index is 11.8. The van der Waals surface area contributed by atoms with Crippen molar-refractivity contribution in [1.82, 2.24) is 5.32 Å². The van der Waals surface area contributed by atoms with Gasteiger partial charge in [0.2, 0.25) is 0 Å². The highest BCUT2D eigenvalue weighted by Gasteiger charge is 2.05. The van der Waals surface area contributed by atoms with Gasteiger partial charge in [-0.25, -0.2) is 4.79 Å². The van der Waals surface area contributed by atoms with Crippen LogP contribution in [0.25, 0.3) is 0 Å².